The summed E-state index contributed by atoms with van der Waals surface area (Å²) in [7, 11) is -1.58. The lowest BCUT2D eigenvalue weighted by Crippen LogP contribution is -2.47. The first-order chi connectivity index (χ1) is 7.06. The molecule has 0 unspecified atom stereocenters. The second-order valence-electron chi connectivity index (χ2n) is 7.21. The van der Waals surface area contributed by atoms with Gasteiger partial charge in [-0.05, 0) is 44.8 Å². The summed E-state index contributed by atoms with van der Waals surface area (Å²) >= 11 is 0. The van der Waals surface area contributed by atoms with Gasteiger partial charge >= 0.3 is 0 Å². The van der Waals surface area contributed by atoms with Gasteiger partial charge in [-0.25, -0.2) is 0 Å². The molecule has 1 saturated heterocycles. The van der Waals surface area contributed by atoms with Crippen LogP contribution in [0.15, 0.2) is 0 Å². The summed E-state index contributed by atoms with van der Waals surface area (Å²) in [5, 5.41) is 0.316. The molecule has 0 aliphatic carbocycles. The molecule has 96 valence electrons. The number of hydrogen-bond donors (Lipinski definition) is 0. The molecule has 1 aliphatic rings. The van der Waals surface area contributed by atoms with Gasteiger partial charge in [-0.15, -0.1) is 0 Å². The average molecular weight is 243 g/mol. The van der Waals surface area contributed by atoms with Gasteiger partial charge in [0.25, 0.3) is 0 Å². The van der Waals surface area contributed by atoms with Crippen molar-refractivity contribution in [1.29, 1.82) is 0 Å². The predicted octanol–water partition coefficient (Wildman–Crippen LogP) is 3.84. The minimum atomic E-state index is -1.58. The Balaban J connectivity index is 2.52. The van der Waals surface area contributed by atoms with Crippen molar-refractivity contribution in [2.24, 2.45) is 0 Å². The minimum absolute atomic E-state index is 0.316. The van der Waals surface area contributed by atoms with Gasteiger partial charge in [0.1, 0.15) is 0 Å². The van der Waals surface area contributed by atoms with Gasteiger partial charge in [0.15, 0.2) is 8.32 Å². The van der Waals surface area contributed by atoms with Crippen molar-refractivity contribution in [3.63, 3.8) is 0 Å². The van der Waals surface area contributed by atoms with Crippen molar-refractivity contribution >= 4 is 8.32 Å². The molecule has 0 atom stereocenters. The third kappa shape index (κ3) is 3.08. The second-order valence-corrected chi connectivity index (χ2v) is 12.0. The van der Waals surface area contributed by atoms with Crippen molar-refractivity contribution < 1.29 is 4.43 Å². The molecule has 0 N–H and O–H groups in total. The van der Waals surface area contributed by atoms with E-state index < -0.39 is 8.32 Å². The highest BCUT2D eigenvalue weighted by Crippen LogP contribution is 2.37. The van der Waals surface area contributed by atoms with Crippen LogP contribution in [0.3, 0.4) is 0 Å². The smallest absolute Gasteiger partial charge is 0.193 e. The fourth-order valence-electron chi connectivity index (χ4n) is 1.86. The molecule has 0 saturated carbocycles. The van der Waals surface area contributed by atoms with Gasteiger partial charge < -0.3 is 4.43 Å². The first-order valence-electron chi connectivity index (χ1n) is 6.45. The van der Waals surface area contributed by atoms with E-state index in [-0.39, 0.29) is 0 Å². The summed E-state index contributed by atoms with van der Waals surface area (Å²) in [6.45, 7) is 18.2. The molecule has 0 spiro atoms. The van der Waals surface area contributed by atoms with Gasteiger partial charge in [-0.1, -0.05) is 20.8 Å². The third-order valence-corrected chi connectivity index (χ3v) is 8.92. The first kappa shape index (κ1) is 14.2. The standard InChI is InChI=1S/C13H29NOSi/c1-12(2,3)16(6,7)15-11-14-10-8-9-13(14,4)5/h8-11H2,1-7H3. The van der Waals surface area contributed by atoms with Crippen LogP contribution >= 0.6 is 0 Å². The normalized spacial score (nSPS) is 22.7. The van der Waals surface area contributed by atoms with E-state index in [1.54, 1.807) is 0 Å². The zero-order valence-electron chi connectivity index (χ0n) is 12.2. The van der Waals surface area contributed by atoms with E-state index in [2.05, 4.69) is 52.6 Å². The summed E-state index contributed by atoms with van der Waals surface area (Å²) in [4.78, 5) is 2.49. The van der Waals surface area contributed by atoms with E-state index in [0.717, 1.165) is 6.73 Å². The second kappa shape index (κ2) is 4.43. The Hall–Kier alpha value is 0.137. The lowest BCUT2D eigenvalue weighted by molar-refractivity contribution is 0.0636. The Bertz CT molecular complexity index is 243. The van der Waals surface area contributed by atoms with Gasteiger partial charge in [0, 0.05) is 12.1 Å². The van der Waals surface area contributed by atoms with E-state index in [4.69, 9.17) is 4.43 Å². The molecular formula is C13H29NOSi. The molecule has 3 heteroatoms. The zero-order chi connectivity index (χ0) is 12.6. The lowest BCUT2D eigenvalue weighted by atomic mass is 10.0. The van der Waals surface area contributed by atoms with Gasteiger partial charge in [-0.3, -0.25) is 4.90 Å². The fourth-order valence-corrected chi connectivity index (χ4v) is 2.77. The quantitative estimate of drug-likeness (QED) is 0.698. The molecule has 1 rings (SSSR count). The summed E-state index contributed by atoms with van der Waals surface area (Å²) in [6, 6.07) is 0. The molecule has 0 aromatic heterocycles. The summed E-state index contributed by atoms with van der Waals surface area (Å²) in [5.74, 6) is 0. The molecule has 2 nitrogen and oxygen atoms in total. The van der Waals surface area contributed by atoms with Gasteiger partial charge in [0.05, 0.1) is 6.73 Å². The Labute approximate surface area is 102 Å². The highest BCUT2D eigenvalue weighted by Gasteiger charge is 2.39. The van der Waals surface area contributed by atoms with Crippen molar-refractivity contribution in [3.8, 4) is 0 Å². The number of hydrogen-bond acceptors (Lipinski definition) is 2. The molecule has 0 radical (unpaired) electrons. The van der Waals surface area contributed by atoms with Crippen LogP contribution in [-0.4, -0.2) is 32.0 Å². The largest absolute Gasteiger partial charge is 0.404 e. The maximum absolute atomic E-state index is 6.28. The van der Waals surface area contributed by atoms with E-state index in [9.17, 15) is 0 Å². The molecule has 16 heavy (non-hydrogen) atoms. The maximum Gasteiger partial charge on any atom is 0.193 e. The van der Waals surface area contributed by atoms with E-state index in [0.29, 0.717) is 10.6 Å². The van der Waals surface area contributed by atoms with Crippen molar-refractivity contribution in [2.75, 3.05) is 13.3 Å². The molecule has 0 amide bonds. The predicted molar refractivity (Wildman–Crippen MR) is 73.2 cm³/mol. The van der Waals surface area contributed by atoms with Crippen LogP contribution in [-0.2, 0) is 4.43 Å². The molecule has 1 aliphatic heterocycles. The van der Waals surface area contributed by atoms with E-state index >= 15 is 0 Å². The van der Waals surface area contributed by atoms with Crippen LogP contribution in [0.2, 0.25) is 18.1 Å². The van der Waals surface area contributed by atoms with Crippen LogP contribution in [0.1, 0.15) is 47.5 Å². The fraction of sp³-hybridized carbons (Fsp3) is 1.00. The number of nitrogens with zero attached hydrogens (tertiary/aromatic N) is 1. The molecule has 0 bridgehead atoms. The molecular weight excluding hydrogens is 214 g/mol. The molecule has 0 aromatic carbocycles. The van der Waals surface area contributed by atoms with Crippen molar-refractivity contribution in [3.05, 3.63) is 0 Å². The topological polar surface area (TPSA) is 12.5 Å². The molecule has 0 aromatic rings. The molecule has 1 heterocycles. The highest BCUT2D eigenvalue weighted by molar-refractivity contribution is 6.74. The number of likely N-dealkylation sites (tertiary alicyclic amines) is 1. The SMILES string of the molecule is CC1(C)CCCN1CO[Si](C)(C)C(C)(C)C. The molecule has 1 fully saturated rings. The van der Waals surface area contributed by atoms with Crippen molar-refractivity contribution in [1.82, 2.24) is 4.90 Å². The average Bonchev–Trinajstić information content (AvgIpc) is 2.39. The highest BCUT2D eigenvalue weighted by atomic mass is 28.4. The summed E-state index contributed by atoms with van der Waals surface area (Å²) < 4.78 is 6.28. The van der Waals surface area contributed by atoms with Gasteiger partial charge in [0.2, 0.25) is 0 Å². The number of rotatable bonds is 3. The summed E-state index contributed by atoms with van der Waals surface area (Å²) in [5.41, 5.74) is 0.336. The van der Waals surface area contributed by atoms with Crippen LogP contribution in [0.4, 0.5) is 0 Å². The van der Waals surface area contributed by atoms with Gasteiger partial charge in [-0.2, -0.15) is 0 Å². The lowest BCUT2D eigenvalue weighted by Gasteiger charge is -2.40. The zero-order valence-corrected chi connectivity index (χ0v) is 13.2. The Morgan fingerprint density at radius 1 is 1.25 bits per heavy atom. The third-order valence-electron chi connectivity index (χ3n) is 4.46. The van der Waals surface area contributed by atoms with E-state index in [1.165, 1.54) is 19.4 Å². The van der Waals surface area contributed by atoms with Crippen LogP contribution in [0.5, 0.6) is 0 Å². The Morgan fingerprint density at radius 3 is 2.19 bits per heavy atom. The van der Waals surface area contributed by atoms with Crippen LogP contribution in [0.25, 0.3) is 0 Å². The van der Waals surface area contributed by atoms with Crippen LogP contribution in [0, 0.1) is 0 Å². The first-order valence-corrected chi connectivity index (χ1v) is 9.36. The van der Waals surface area contributed by atoms with Crippen LogP contribution < -0.4 is 0 Å². The Morgan fingerprint density at radius 2 is 1.81 bits per heavy atom. The maximum atomic E-state index is 6.28. The monoisotopic (exact) mass is 243 g/mol. The Kier molecular flexibility index (Phi) is 3.93. The van der Waals surface area contributed by atoms with Crippen molar-refractivity contribution in [2.45, 2.75) is 71.1 Å². The van der Waals surface area contributed by atoms with E-state index in [1.807, 2.05) is 0 Å². The minimum Gasteiger partial charge on any atom is -0.404 e. The summed E-state index contributed by atoms with van der Waals surface area (Å²) in [6.07, 6.45) is 2.61.